The molecule has 1 aromatic carbocycles. The highest BCUT2D eigenvalue weighted by atomic mass is 32.2. The van der Waals surface area contributed by atoms with Gasteiger partial charge >= 0.3 is 0 Å². The molecule has 7 nitrogen and oxygen atoms in total. The average molecular weight is 375 g/mol. The van der Waals surface area contributed by atoms with Crippen molar-refractivity contribution in [3.05, 3.63) is 41.1 Å². The van der Waals surface area contributed by atoms with Crippen LogP contribution in [-0.2, 0) is 27.5 Å². The van der Waals surface area contributed by atoms with Gasteiger partial charge in [-0.1, -0.05) is 12.1 Å². The number of carbonyl (C=O) groups excluding carboxylic acids is 1. The minimum absolute atomic E-state index is 0.0686. The van der Waals surface area contributed by atoms with Crippen molar-refractivity contribution in [1.82, 2.24) is 9.78 Å². The number of amides is 1. The summed E-state index contributed by atoms with van der Waals surface area (Å²) in [7, 11) is -3.02. The lowest BCUT2D eigenvalue weighted by atomic mass is 10.1. The van der Waals surface area contributed by atoms with Crippen molar-refractivity contribution in [3.8, 4) is 5.75 Å². The van der Waals surface area contributed by atoms with Gasteiger partial charge in [-0.15, -0.1) is 0 Å². The Labute approximate surface area is 152 Å². The SMILES string of the molecule is Cc1cc(NC(=O)Cc2ccc3c(c2)OCC3)n(C2CCS(=O)(=O)C2)n1. The van der Waals surface area contributed by atoms with Gasteiger partial charge in [0.05, 0.1) is 36.3 Å². The normalized spacial score (nSPS) is 20.6. The molecule has 2 aliphatic rings. The summed E-state index contributed by atoms with van der Waals surface area (Å²) < 4.78 is 30.7. The van der Waals surface area contributed by atoms with Crippen LogP contribution in [-0.4, -0.2) is 42.2 Å². The summed E-state index contributed by atoms with van der Waals surface area (Å²) >= 11 is 0. The summed E-state index contributed by atoms with van der Waals surface area (Å²) in [5.74, 6) is 1.47. The first kappa shape index (κ1) is 17.1. The number of nitrogens with zero attached hydrogens (tertiary/aromatic N) is 2. The summed E-state index contributed by atoms with van der Waals surface area (Å²) in [5.41, 5.74) is 2.80. The minimum atomic E-state index is -3.02. The summed E-state index contributed by atoms with van der Waals surface area (Å²) in [4.78, 5) is 12.5. The molecule has 0 saturated carbocycles. The van der Waals surface area contributed by atoms with Crippen LogP contribution in [0.5, 0.6) is 5.75 Å². The highest BCUT2D eigenvalue weighted by Crippen LogP contribution is 2.28. The van der Waals surface area contributed by atoms with Crippen LogP contribution in [0.1, 0.15) is 29.3 Å². The Morgan fingerprint density at radius 3 is 3.00 bits per heavy atom. The number of carbonyl (C=O) groups is 1. The third kappa shape index (κ3) is 3.46. The number of hydrogen-bond acceptors (Lipinski definition) is 5. The standard InChI is InChI=1S/C18H21N3O4S/c1-12-8-17(21(20-12)15-5-7-26(23,24)11-15)19-18(22)10-13-2-3-14-4-6-25-16(14)9-13/h2-3,8-9,15H,4-7,10-11H2,1H3,(H,19,22). The number of rotatable bonds is 4. The molecular formula is C18H21N3O4S. The van der Waals surface area contributed by atoms with Crippen molar-refractivity contribution < 1.29 is 17.9 Å². The molecule has 0 aliphatic carbocycles. The van der Waals surface area contributed by atoms with E-state index in [0.29, 0.717) is 18.8 Å². The number of fused-ring (bicyclic) bond motifs is 1. The van der Waals surface area contributed by atoms with Gasteiger partial charge in [0.15, 0.2) is 9.84 Å². The van der Waals surface area contributed by atoms with Crippen molar-refractivity contribution in [2.75, 3.05) is 23.4 Å². The van der Waals surface area contributed by atoms with E-state index in [9.17, 15) is 13.2 Å². The molecule has 0 radical (unpaired) electrons. The van der Waals surface area contributed by atoms with Gasteiger partial charge in [-0.3, -0.25) is 4.79 Å². The molecule has 1 N–H and O–H groups in total. The maximum Gasteiger partial charge on any atom is 0.229 e. The van der Waals surface area contributed by atoms with Crippen molar-refractivity contribution in [2.24, 2.45) is 0 Å². The first-order chi connectivity index (χ1) is 12.4. The maximum atomic E-state index is 12.5. The monoisotopic (exact) mass is 375 g/mol. The summed E-state index contributed by atoms with van der Waals surface area (Å²) in [6, 6.07) is 7.40. The Kier molecular flexibility index (Phi) is 4.22. The second-order valence-corrected chi connectivity index (χ2v) is 9.17. The lowest BCUT2D eigenvalue weighted by Crippen LogP contribution is -2.20. The summed E-state index contributed by atoms with van der Waals surface area (Å²) in [6.45, 7) is 2.52. The molecule has 1 atom stereocenters. The van der Waals surface area contributed by atoms with Crippen LogP contribution in [0.25, 0.3) is 0 Å². The molecule has 1 aromatic heterocycles. The molecule has 26 heavy (non-hydrogen) atoms. The molecule has 4 rings (SSSR count). The maximum absolute atomic E-state index is 12.5. The number of hydrogen-bond donors (Lipinski definition) is 1. The van der Waals surface area contributed by atoms with Crippen molar-refractivity contribution in [3.63, 3.8) is 0 Å². The molecule has 2 aliphatic heterocycles. The lowest BCUT2D eigenvalue weighted by Gasteiger charge is -2.14. The zero-order chi connectivity index (χ0) is 18.3. The van der Waals surface area contributed by atoms with E-state index in [0.717, 1.165) is 23.4 Å². The molecule has 2 aromatic rings. The smallest absolute Gasteiger partial charge is 0.229 e. The third-order valence-corrected chi connectivity index (χ3v) is 6.56. The quantitative estimate of drug-likeness (QED) is 0.878. The fourth-order valence-corrected chi connectivity index (χ4v) is 5.24. The van der Waals surface area contributed by atoms with Gasteiger partial charge in [0.2, 0.25) is 5.91 Å². The number of aryl methyl sites for hydroxylation is 1. The average Bonchev–Trinajstić information content (AvgIpc) is 3.25. The Bertz CT molecular complexity index is 965. The van der Waals surface area contributed by atoms with Crippen LogP contribution >= 0.6 is 0 Å². The van der Waals surface area contributed by atoms with Gasteiger partial charge < -0.3 is 10.1 Å². The van der Waals surface area contributed by atoms with Crippen LogP contribution in [0, 0.1) is 6.92 Å². The number of aromatic nitrogens is 2. The topological polar surface area (TPSA) is 90.3 Å². The summed E-state index contributed by atoms with van der Waals surface area (Å²) in [6.07, 6.45) is 1.66. The predicted octanol–water partition coefficient (Wildman–Crippen LogP) is 1.67. The molecule has 3 heterocycles. The molecule has 0 spiro atoms. The first-order valence-electron chi connectivity index (χ1n) is 8.71. The first-order valence-corrected chi connectivity index (χ1v) is 10.5. The van der Waals surface area contributed by atoms with Crippen LogP contribution < -0.4 is 10.1 Å². The van der Waals surface area contributed by atoms with Gasteiger partial charge in [0.25, 0.3) is 0 Å². The van der Waals surface area contributed by atoms with Gasteiger partial charge in [-0.25, -0.2) is 13.1 Å². The van der Waals surface area contributed by atoms with Gasteiger partial charge in [0, 0.05) is 12.5 Å². The van der Waals surface area contributed by atoms with Crippen molar-refractivity contribution >= 4 is 21.6 Å². The van der Waals surface area contributed by atoms with Gasteiger partial charge in [-0.05, 0) is 30.5 Å². The number of nitrogens with one attached hydrogen (secondary N) is 1. The van der Waals surface area contributed by atoms with E-state index in [-0.39, 0.29) is 29.9 Å². The van der Waals surface area contributed by atoms with E-state index < -0.39 is 9.84 Å². The van der Waals surface area contributed by atoms with Crippen molar-refractivity contribution in [2.45, 2.75) is 32.2 Å². The van der Waals surface area contributed by atoms with E-state index in [1.165, 1.54) is 5.56 Å². The Morgan fingerprint density at radius 2 is 2.23 bits per heavy atom. The second kappa shape index (κ2) is 6.42. The largest absolute Gasteiger partial charge is 0.493 e. The molecule has 8 heteroatoms. The minimum Gasteiger partial charge on any atom is -0.493 e. The molecule has 1 saturated heterocycles. The van der Waals surface area contributed by atoms with Crippen LogP contribution in [0.4, 0.5) is 5.82 Å². The Balaban J connectivity index is 1.48. The van der Waals surface area contributed by atoms with Crippen LogP contribution in [0.3, 0.4) is 0 Å². The van der Waals surface area contributed by atoms with Crippen LogP contribution in [0.2, 0.25) is 0 Å². The zero-order valence-corrected chi connectivity index (χ0v) is 15.4. The molecule has 1 fully saturated rings. The number of anilines is 1. The van der Waals surface area contributed by atoms with E-state index >= 15 is 0 Å². The highest BCUT2D eigenvalue weighted by Gasteiger charge is 2.31. The lowest BCUT2D eigenvalue weighted by molar-refractivity contribution is -0.115. The fourth-order valence-electron chi connectivity index (χ4n) is 3.55. The molecule has 138 valence electrons. The number of sulfone groups is 1. The van der Waals surface area contributed by atoms with Gasteiger partial charge in [0.1, 0.15) is 11.6 Å². The molecule has 1 unspecified atom stereocenters. The zero-order valence-electron chi connectivity index (χ0n) is 14.6. The third-order valence-electron chi connectivity index (χ3n) is 4.80. The number of ether oxygens (including phenoxy) is 1. The van der Waals surface area contributed by atoms with Gasteiger partial charge in [-0.2, -0.15) is 5.10 Å². The number of benzene rings is 1. The summed E-state index contributed by atoms with van der Waals surface area (Å²) in [5, 5.41) is 7.26. The molecule has 0 bridgehead atoms. The van der Waals surface area contributed by atoms with E-state index in [4.69, 9.17) is 4.74 Å². The Morgan fingerprint density at radius 1 is 1.38 bits per heavy atom. The van der Waals surface area contributed by atoms with Crippen LogP contribution in [0.15, 0.2) is 24.3 Å². The highest BCUT2D eigenvalue weighted by molar-refractivity contribution is 7.91. The molecule has 1 amide bonds. The van der Waals surface area contributed by atoms with Crippen molar-refractivity contribution in [1.29, 1.82) is 0 Å². The fraction of sp³-hybridized carbons (Fsp3) is 0.444. The second-order valence-electron chi connectivity index (χ2n) is 6.94. The van der Waals surface area contributed by atoms with E-state index in [1.807, 2.05) is 25.1 Å². The molecular weight excluding hydrogens is 354 g/mol. The predicted molar refractivity (Wildman–Crippen MR) is 97.2 cm³/mol. The van der Waals surface area contributed by atoms with E-state index in [1.54, 1.807) is 10.7 Å². The Hall–Kier alpha value is -2.35. The van der Waals surface area contributed by atoms with E-state index in [2.05, 4.69) is 10.4 Å².